The average molecular weight is 236 g/mol. The zero-order valence-electron chi connectivity index (χ0n) is 9.56. The SMILES string of the molecule is C=CCCCCOc1ccc(C(=O)O)c(O)c1. The van der Waals surface area contributed by atoms with Crippen molar-refractivity contribution < 1.29 is 19.7 Å². The Balaban J connectivity index is 2.47. The van der Waals surface area contributed by atoms with Crippen LogP contribution in [0.2, 0.25) is 0 Å². The van der Waals surface area contributed by atoms with E-state index < -0.39 is 5.97 Å². The number of carbonyl (C=O) groups is 1. The van der Waals surface area contributed by atoms with Crippen molar-refractivity contribution in [3.63, 3.8) is 0 Å². The summed E-state index contributed by atoms with van der Waals surface area (Å²) in [5.74, 6) is -0.952. The van der Waals surface area contributed by atoms with Gasteiger partial charge >= 0.3 is 5.97 Å². The molecule has 0 aliphatic carbocycles. The summed E-state index contributed by atoms with van der Waals surface area (Å²) in [6, 6.07) is 4.18. The third-order valence-electron chi connectivity index (χ3n) is 2.27. The number of allylic oxidation sites excluding steroid dienone is 1. The van der Waals surface area contributed by atoms with Gasteiger partial charge in [0, 0.05) is 6.07 Å². The van der Waals surface area contributed by atoms with Crippen LogP contribution in [0.15, 0.2) is 30.9 Å². The summed E-state index contributed by atoms with van der Waals surface area (Å²) in [5, 5.41) is 18.1. The molecular formula is C13H16O4. The van der Waals surface area contributed by atoms with Gasteiger partial charge in [0.15, 0.2) is 0 Å². The van der Waals surface area contributed by atoms with Crippen molar-refractivity contribution in [3.05, 3.63) is 36.4 Å². The molecule has 1 aromatic rings. The highest BCUT2D eigenvalue weighted by Gasteiger charge is 2.09. The van der Waals surface area contributed by atoms with Gasteiger partial charge in [-0.2, -0.15) is 0 Å². The first-order chi connectivity index (χ1) is 8.15. The van der Waals surface area contributed by atoms with Crippen molar-refractivity contribution in [1.29, 1.82) is 0 Å². The van der Waals surface area contributed by atoms with Crippen molar-refractivity contribution in [2.45, 2.75) is 19.3 Å². The van der Waals surface area contributed by atoms with Crippen LogP contribution < -0.4 is 4.74 Å². The number of carboxylic acid groups (broad SMARTS) is 1. The topological polar surface area (TPSA) is 66.8 Å². The molecule has 0 heterocycles. The second kappa shape index (κ2) is 6.58. The Hall–Kier alpha value is -1.97. The van der Waals surface area contributed by atoms with Gasteiger partial charge < -0.3 is 14.9 Å². The highest BCUT2D eigenvalue weighted by molar-refractivity contribution is 5.90. The maximum atomic E-state index is 10.7. The van der Waals surface area contributed by atoms with Crippen LogP contribution in [0.1, 0.15) is 29.6 Å². The summed E-state index contributed by atoms with van der Waals surface area (Å²) < 4.78 is 5.38. The van der Waals surface area contributed by atoms with Crippen LogP contribution in [0.3, 0.4) is 0 Å². The minimum absolute atomic E-state index is 0.121. The number of benzene rings is 1. The van der Waals surface area contributed by atoms with E-state index in [1.807, 2.05) is 6.08 Å². The number of carboxylic acids is 1. The lowest BCUT2D eigenvalue weighted by atomic mass is 10.2. The van der Waals surface area contributed by atoms with E-state index in [9.17, 15) is 9.90 Å². The Kier molecular flexibility index (Phi) is 5.07. The Bertz CT molecular complexity index is 398. The molecular weight excluding hydrogens is 220 g/mol. The molecule has 0 atom stereocenters. The molecule has 4 nitrogen and oxygen atoms in total. The fourth-order valence-corrected chi connectivity index (χ4v) is 1.36. The zero-order valence-corrected chi connectivity index (χ0v) is 9.56. The van der Waals surface area contributed by atoms with Crippen LogP contribution in [-0.4, -0.2) is 22.8 Å². The minimum atomic E-state index is -1.15. The fraction of sp³-hybridized carbons (Fsp3) is 0.308. The second-order valence-electron chi connectivity index (χ2n) is 3.62. The van der Waals surface area contributed by atoms with Crippen LogP contribution in [-0.2, 0) is 0 Å². The summed E-state index contributed by atoms with van der Waals surface area (Å²) in [6.45, 7) is 4.17. The van der Waals surface area contributed by atoms with Crippen molar-refractivity contribution in [3.8, 4) is 11.5 Å². The van der Waals surface area contributed by atoms with Gasteiger partial charge in [0.25, 0.3) is 0 Å². The maximum absolute atomic E-state index is 10.7. The first-order valence-corrected chi connectivity index (χ1v) is 5.45. The number of phenols is 1. The van der Waals surface area contributed by atoms with E-state index in [0.717, 1.165) is 19.3 Å². The van der Waals surface area contributed by atoms with E-state index in [0.29, 0.717) is 12.4 Å². The molecule has 0 aliphatic heterocycles. The molecule has 0 bridgehead atoms. The van der Waals surface area contributed by atoms with Gasteiger partial charge in [-0.05, 0) is 31.4 Å². The number of unbranched alkanes of at least 4 members (excludes halogenated alkanes) is 2. The third kappa shape index (κ3) is 4.18. The Morgan fingerprint density at radius 3 is 2.76 bits per heavy atom. The molecule has 0 spiro atoms. The van der Waals surface area contributed by atoms with Gasteiger partial charge in [0.05, 0.1) is 6.61 Å². The average Bonchev–Trinajstić information content (AvgIpc) is 2.28. The molecule has 0 amide bonds. The predicted octanol–water partition coefficient (Wildman–Crippen LogP) is 2.83. The summed E-state index contributed by atoms with van der Waals surface area (Å²) >= 11 is 0. The van der Waals surface area contributed by atoms with Gasteiger partial charge in [-0.1, -0.05) is 6.08 Å². The molecule has 4 heteroatoms. The first kappa shape index (κ1) is 13.1. The highest BCUT2D eigenvalue weighted by Crippen LogP contribution is 2.23. The van der Waals surface area contributed by atoms with Crippen molar-refractivity contribution in [2.24, 2.45) is 0 Å². The Labute approximate surface area is 100 Å². The van der Waals surface area contributed by atoms with Crippen molar-refractivity contribution in [2.75, 3.05) is 6.61 Å². The van der Waals surface area contributed by atoms with Crippen LogP contribution in [0.5, 0.6) is 11.5 Å². The molecule has 92 valence electrons. The van der Waals surface area contributed by atoms with Gasteiger partial charge in [-0.15, -0.1) is 6.58 Å². The Morgan fingerprint density at radius 1 is 1.41 bits per heavy atom. The lowest BCUT2D eigenvalue weighted by Crippen LogP contribution is -1.99. The van der Waals surface area contributed by atoms with Gasteiger partial charge in [0.2, 0.25) is 0 Å². The molecule has 1 rings (SSSR count). The first-order valence-electron chi connectivity index (χ1n) is 5.45. The predicted molar refractivity (Wildman–Crippen MR) is 64.6 cm³/mol. The van der Waals surface area contributed by atoms with E-state index in [2.05, 4.69) is 6.58 Å². The molecule has 1 aromatic carbocycles. The quantitative estimate of drug-likeness (QED) is 0.564. The maximum Gasteiger partial charge on any atom is 0.339 e. The summed E-state index contributed by atoms with van der Waals surface area (Å²) in [7, 11) is 0. The van der Waals surface area contributed by atoms with Gasteiger partial charge in [-0.25, -0.2) is 4.79 Å². The van der Waals surface area contributed by atoms with E-state index in [-0.39, 0.29) is 11.3 Å². The van der Waals surface area contributed by atoms with Crippen LogP contribution >= 0.6 is 0 Å². The van der Waals surface area contributed by atoms with E-state index in [1.165, 1.54) is 18.2 Å². The van der Waals surface area contributed by atoms with Gasteiger partial charge in [-0.3, -0.25) is 0 Å². The molecule has 0 aromatic heterocycles. The van der Waals surface area contributed by atoms with E-state index >= 15 is 0 Å². The van der Waals surface area contributed by atoms with Gasteiger partial charge in [0.1, 0.15) is 17.1 Å². The second-order valence-corrected chi connectivity index (χ2v) is 3.62. The number of aromatic hydroxyl groups is 1. The smallest absolute Gasteiger partial charge is 0.339 e. The van der Waals surface area contributed by atoms with Crippen molar-refractivity contribution in [1.82, 2.24) is 0 Å². The standard InChI is InChI=1S/C13H16O4/c1-2-3-4-5-8-17-10-6-7-11(13(15)16)12(14)9-10/h2,6-7,9,14H,1,3-5,8H2,(H,15,16). The molecule has 0 unspecified atom stereocenters. The lowest BCUT2D eigenvalue weighted by Gasteiger charge is -2.07. The van der Waals surface area contributed by atoms with Crippen molar-refractivity contribution >= 4 is 5.97 Å². The normalized spacial score (nSPS) is 9.88. The Morgan fingerprint density at radius 2 is 2.18 bits per heavy atom. The lowest BCUT2D eigenvalue weighted by molar-refractivity contribution is 0.0693. The number of rotatable bonds is 7. The third-order valence-corrected chi connectivity index (χ3v) is 2.27. The number of hydrogen-bond donors (Lipinski definition) is 2. The summed E-state index contributed by atoms with van der Waals surface area (Å²) in [5.41, 5.74) is -0.121. The number of ether oxygens (including phenoxy) is 1. The monoisotopic (exact) mass is 236 g/mol. The molecule has 0 saturated carbocycles. The summed E-state index contributed by atoms with van der Waals surface area (Å²) in [4.78, 5) is 10.7. The molecule has 17 heavy (non-hydrogen) atoms. The molecule has 0 fully saturated rings. The fourth-order valence-electron chi connectivity index (χ4n) is 1.36. The highest BCUT2D eigenvalue weighted by atomic mass is 16.5. The van der Waals surface area contributed by atoms with E-state index in [1.54, 1.807) is 0 Å². The molecule has 0 radical (unpaired) electrons. The number of aromatic carboxylic acids is 1. The molecule has 0 saturated heterocycles. The van der Waals surface area contributed by atoms with E-state index in [4.69, 9.17) is 9.84 Å². The molecule has 2 N–H and O–H groups in total. The van der Waals surface area contributed by atoms with Crippen LogP contribution in [0.4, 0.5) is 0 Å². The number of hydrogen-bond acceptors (Lipinski definition) is 3. The van der Waals surface area contributed by atoms with Crippen LogP contribution in [0, 0.1) is 0 Å². The zero-order chi connectivity index (χ0) is 12.7. The molecule has 0 aliphatic rings. The minimum Gasteiger partial charge on any atom is -0.507 e. The largest absolute Gasteiger partial charge is 0.507 e. The summed E-state index contributed by atoms with van der Waals surface area (Å²) in [6.07, 6.45) is 4.70. The van der Waals surface area contributed by atoms with Crippen LogP contribution in [0.25, 0.3) is 0 Å².